The van der Waals surface area contributed by atoms with Crippen molar-refractivity contribution in [1.29, 1.82) is 0 Å². The van der Waals surface area contributed by atoms with E-state index in [0.717, 1.165) is 25.8 Å². The molecule has 0 aromatic heterocycles. The minimum Gasteiger partial charge on any atom is -0.465 e. The normalized spacial score (nSPS) is 10.2. The van der Waals surface area contributed by atoms with Gasteiger partial charge in [-0.1, -0.05) is 30.3 Å². The fraction of sp³-hybridized carbons (Fsp3) is 0.500. The van der Waals surface area contributed by atoms with E-state index in [4.69, 9.17) is 4.74 Å². The summed E-state index contributed by atoms with van der Waals surface area (Å²) in [5.74, 6) is -0.171. The molecule has 1 aromatic rings. The van der Waals surface area contributed by atoms with Crippen LogP contribution in [-0.4, -0.2) is 25.7 Å². The van der Waals surface area contributed by atoms with Crippen molar-refractivity contribution in [3.63, 3.8) is 0 Å². The first kappa shape index (κ1) is 13.7. The van der Waals surface area contributed by atoms with Crippen molar-refractivity contribution < 1.29 is 9.53 Å². The Bertz CT molecular complexity index is 311. The maximum absolute atomic E-state index is 11.0. The Morgan fingerprint density at radius 3 is 2.71 bits per heavy atom. The van der Waals surface area contributed by atoms with Crippen LogP contribution in [0, 0.1) is 0 Å². The minimum absolute atomic E-state index is 0.171. The number of rotatable bonds is 8. The van der Waals surface area contributed by atoms with E-state index in [1.807, 2.05) is 13.0 Å². The average Bonchev–Trinajstić information content (AvgIpc) is 2.35. The summed E-state index contributed by atoms with van der Waals surface area (Å²) in [5, 5.41) is 3.08. The molecule has 17 heavy (non-hydrogen) atoms. The highest BCUT2D eigenvalue weighted by atomic mass is 16.5. The Hall–Kier alpha value is -1.35. The second-order valence-electron chi connectivity index (χ2n) is 3.92. The fourth-order valence-corrected chi connectivity index (χ4v) is 1.63. The van der Waals surface area contributed by atoms with E-state index in [0.29, 0.717) is 13.2 Å². The van der Waals surface area contributed by atoms with E-state index in [9.17, 15) is 4.79 Å². The number of benzene rings is 1. The first-order valence-corrected chi connectivity index (χ1v) is 6.23. The van der Waals surface area contributed by atoms with Crippen LogP contribution in [0.1, 0.15) is 25.3 Å². The van der Waals surface area contributed by atoms with Crippen molar-refractivity contribution in [3.8, 4) is 0 Å². The molecule has 1 rings (SSSR count). The van der Waals surface area contributed by atoms with Gasteiger partial charge in [0.25, 0.3) is 0 Å². The van der Waals surface area contributed by atoms with Crippen LogP contribution >= 0.6 is 0 Å². The predicted octanol–water partition coefficient (Wildman–Crippen LogP) is 2.16. The topological polar surface area (TPSA) is 38.3 Å². The van der Waals surface area contributed by atoms with Crippen molar-refractivity contribution in [2.24, 2.45) is 0 Å². The molecule has 3 nitrogen and oxygen atoms in total. The quantitative estimate of drug-likeness (QED) is 0.554. The van der Waals surface area contributed by atoms with Crippen LogP contribution in [0.5, 0.6) is 0 Å². The molecule has 0 atom stereocenters. The van der Waals surface area contributed by atoms with Gasteiger partial charge in [-0.2, -0.15) is 0 Å². The van der Waals surface area contributed by atoms with Gasteiger partial charge in [-0.05, 0) is 38.3 Å². The highest BCUT2D eigenvalue weighted by Crippen LogP contribution is 2.03. The summed E-state index contributed by atoms with van der Waals surface area (Å²) < 4.78 is 4.82. The number of nitrogens with one attached hydrogen (secondary N) is 1. The van der Waals surface area contributed by atoms with Gasteiger partial charge >= 0.3 is 5.97 Å². The second kappa shape index (κ2) is 8.76. The Kier molecular flexibility index (Phi) is 7.07. The molecule has 0 aliphatic carbocycles. The number of ether oxygens (including phenoxy) is 1. The molecule has 0 radical (unpaired) electrons. The van der Waals surface area contributed by atoms with Crippen LogP contribution in [0.3, 0.4) is 0 Å². The van der Waals surface area contributed by atoms with Gasteiger partial charge in [0.15, 0.2) is 0 Å². The van der Waals surface area contributed by atoms with Crippen molar-refractivity contribution in [1.82, 2.24) is 5.32 Å². The smallest absolute Gasteiger partial charge is 0.319 e. The lowest BCUT2D eigenvalue weighted by Gasteiger charge is -2.04. The van der Waals surface area contributed by atoms with Gasteiger partial charge in [0.2, 0.25) is 0 Å². The number of carbonyl (C=O) groups is 1. The van der Waals surface area contributed by atoms with E-state index >= 15 is 0 Å². The van der Waals surface area contributed by atoms with Crippen LogP contribution in [0.15, 0.2) is 30.3 Å². The van der Waals surface area contributed by atoms with Gasteiger partial charge in [0.05, 0.1) is 13.2 Å². The summed E-state index contributed by atoms with van der Waals surface area (Å²) in [6.07, 6.45) is 3.32. The maximum atomic E-state index is 11.0. The van der Waals surface area contributed by atoms with Gasteiger partial charge in [0, 0.05) is 0 Å². The van der Waals surface area contributed by atoms with E-state index in [-0.39, 0.29) is 5.97 Å². The number of esters is 1. The lowest BCUT2D eigenvalue weighted by molar-refractivity contribution is -0.141. The summed E-state index contributed by atoms with van der Waals surface area (Å²) in [5.41, 5.74) is 1.37. The molecule has 0 aliphatic rings. The number of hydrogen-bond acceptors (Lipinski definition) is 3. The van der Waals surface area contributed by atoms with Crippen LogP contribution in [0.25, 0.3) is 0 Å². The lowest BCUT2D eigenvalue weighted by atomic mass is 10.1. The van der Waals surface area contributed by atoms with E-state index in [1.54, 1.807) is 0 Å². The molecule has 0 fully saturated rings. The zero-order valence-electron chi connectivity index (χ0n) is 10.4. The molecule has 0 amide bonds. The zero-order chi connectivity index (χ0) is 12.3. The van der Waals surface area contributed by atoms with Gasteiger partial charge < -0.3 is 10.1 Å². The molecule has 0 spiro atoms. The summed E-state index contributed by atoms with van der Waals surface area (Å²) in [6, 6.07) is 10.4. The Balaban J connectivity index is 1.96. The minimum atomic E-state index is -0.171. The Morgan fingerprint density at radius 1 is 1.24 bits per heavy atom. The first-order chi connectivity index (χ1) is 8.33. The molecule has 3 heteroatoms. The monoisotopic (exact) mass is 235 g/mol. The van der Waals surface area contributed by atoms with Gasteiger partial charge in [0.1, 0.15) is 0 Å². The average molecular weight is 235 g/mol. The molecular weight excluding hydrogens is 214 g/mol. The number of unbranched alkanes of at least 4 members (excludes halogenated alkanes) is 1. The summed E-state index contributed by atoms with van der Waals surface area (Å²) in [4.78, 5) is 11.0. The fourth-order valence-electron chi connectivity index (χ4n) is 1.63. The predicted molar refractivity (Wildman–Crippen MR) is 68.9 cm³/mol. The first-order valence-electron chi connectivity index (χ1n) is 6.23. The second-order valence-corrected chi connectivity index (χ2v) is 3.92. The largest absolute Gasteiger partial charge is 0.465 e. The van der Waals surface area contributed by atoms with Gasteiger partial charge in [-0.25, -0.2) is 0 Å². The highest BCUT2D eigenvalue weighted by molar-refractivity contribution is 5.71. The molecule has 1 aromatic carbocycles. The van der Waals surface area contributed by atoms with E-state index in [1.165, 1.54) is 5.56 Å². The number of hydrogen-bond donors (Lipinski definition) is 1. The summed E-state index contributed by atoms with van der Waals surface area (Å²) in [6.45, 7) is 3.46. The van der Waals surface area contributed by atoms with Crippen LogP contribution in [0.4, 0.5) is 0 Å². The van der Waals surface area contributed by atoms with Gasteiger partial charge in [-0.3, -0.25) is 4.79 Å². The molecule has 0 saturated heterocycles. The third-order valence-corrected chi connectivity index (χ3v) is 2.49. The van der Waals surface area contributed by atoms with Crippen molar-refractivity contribution in [2.45, 2.75) is 26.2 Å². The van der Waals surface area contributed by atoms with Crippen LogP contribution < -0.4 is 5.32 Å². The molecule has 1 N–H and O–H groups in total. The van der Waals surface area contributed by atoms with Crippen LogP contribution in [-0.2, 0) is 16.0 Å². The Morgan fingerprint density at radius 2 is 2.00 bits per heavy atom. The van der Waals surface area contributed by atoms with Crippen molar-refractivity contribution >= 4 is 5.97 Å². The zero-order valence-corrected chi connectivity index (χ0v) is 10.4. The molecule has 0 bridgehead atoms. The molecule has 94 valence electrons. The molecule has 0 unspecified atom stereocenters. The standard InChI is InChI=1S/C14H21NO2/c1-2-17-14(16)12-15-11-7-6-10-13-8-4-3-5-9-13/h3-5,8-9,15H,2,6-7,10-12H2,1H3. The van der Waals surface area contributed by atoms with Crippen molar-refractivity contribution in [2.75, 3.05) is 19.7 Å². The lowest BCUT2D eigenvalue weighted by Crippen LogP contribution is -2.25. The van der Waals surface area contributed by atoms with E-state index < -0.39 is 0 Å². The molecule has 0 heterocycles. The van der Waals surface area contributed by atoms with Gasteiger partial charge in [-0.15, -0.1) is 0 Å². The number of carbonyl (C=O) groups excluding carboxylic acids is 1. The van der Waals surface area contributed by atoms with Crippen LogP contribution in [0.2, 0.25) is 0 Å². The third kappa shape index (κ3) is 6.74. The summed E-state index contributed by atoms with van der Waals surface area (Å²) >= 11 is 0. The summed E-state index contributed by atoms with van der Waals surface area (Å²) in [7, 11) is 0. The molecular formula is C14H21NO2. The number of aryl methyl sites for hydroxylation is 1. The van der Waals surface area contributed by atoms with Crippen molar-refractivity contribution in [3.05, 3.63) is 35.9 Å². The molecule has 0 aliphatic heterocycles. The maximum Gasteiger partial charge on any atom is 0.319 e. The highest BCUT2D eigenvalue weighted by Gasteiger charge is 1.99. The third-order valence-electron chi connectivity index (χ3n) is 2.49. The Labute approximate surface area is 103 Å². The molecule has 0 saturated carbocycles. The SMILES string of the molecule is CCOC(=O)CNCCCCc1ccccc1. The van der Waals surface area contributed by atoms with E-state index in [2.05, 4.69) is 29.6 Å².